The van der Waals surface area contributed by atoms with Crippen LogP contribution >= 0.6 is 0 Å². The molecule has 0 N–H and O–H groups in total. The third-order valence-electron chi connectivity index (χ3n) is 15.1. The van der Waals surface area contributed by atoms with Crippen molar-refractivity contribution in [2.24, 2.45) is 0 Å². The summed E-state index contributed by atoms with van der Waals surface area (Å²) in [5.74, 6) is 0.770. The first-order chi connectivity index (χ1) is 35.4. The molecule has 4 aliphatic rings. The number of nitrogens with zero attached hydrogens (tertiary/aromatic N) is 7. The van der Waals surface area contributed by atoms with Crippen molar-refractivity contribution in [1.29, 1.82) is 0 Å². The van der Waals surface area contributed by atoms with Gasteiger partial charge in [-0.1, -0.05) is 121 Å². The molecule has 1 aliphatic carbocycles. The predicted octanol–water partition coefficient (Wildman–Crippen LogP) is 12.1. The lowest BCUT2D eigenvalue weighted by Gasteiger charge is -2.36. The van der Waals surface area contributed by atoms with Gasteiger partial charge in [0.2, 0.25) is 0 Å². The zero-order valence-corrected chi connectivity index (χ0v) is 42.0. The first kappa shape index (κ1) is 46.7. The minimum absolute atomic E-state index is 0.0555. The highest BCUT2D eigenvalue weighted by molar-refractivity contribution is 6.04. The normalized spacial score (nSPS) is 18.7. The number of aromatic nitrogens is 5. The zero-order chi connectivity index (χ0) is 50.0. The van der Waals surface area contributed by atoms with Gasteiger partial charge in [0.15, 0.2) is 11.6 Å². The van der Waals surface area contributed by atoms with Crippen molar-refractivity contribution in [3.8, 4) is 22.9 Å². The summed E-state index contributed by atoms with van der Waals surface area (Å²) in [6.45, 7) is 11.7. The fourth-order valence-corrected chi connectivity index (χ4v) is 11.4. The fourth-order valence-electron chi connectivity index (χ4n) is 11.4. The van der Waals surface area contributed by atoms with E-state index in [1.807, 2.05) is 80.6 Å². The van der Waals surface area contributed by atoms with Gasteiger partial charge >= 0.3 is 12.1 Å². The number of amides is 1. The molecule has 5 aromatic carbocycles. The highest BCUT2D eigenvalue weighted by Crippen LogP contribution is 2.54. The van der Waals surface area contributed by atoms with E-state index in [0.717, 1.165) is 52.6 Å². The predicted molar refractivity (Wildman–Crippen MR) is 280 cm³/mol. The molecule has 13 heteroatoms. The summed E-state index contributed by atoms with van der Waals surface area (Å²) < 4.78 is 45.0. The number of fused-ring (bicyclic) bond motifs is 4. The summed E-state index contributed by atoms with van der Waals surface area (Å²) >= 11 is 0. The number of likely N-dealkylation sites (tertiary alicyclic amines) is 1. The molecule has 3 atom stereocenters. The second-order valence-electron chi connectivity index (χ2n) is 21.1. The van der Waals surface area contributed by atoms with Crippen molar-refractivity contribution in [2.45, 2.75) is 108 Å². The number of hydrogen-bond donors (Lipinski definition) is 0. The largest absolute Gasteiger partial charge is 0.483 e. The average molecular weight is 978 g/mol. The van der Waals surface area contributed by atoms with Crippen molar-refractivity contribution in [3.63, 3.8) is 0 Å². The Bertz CT molecular complexity index is 3230. The van der Waals surface area contributed by atoms with Gasteiger partial charge in [0, 0.05) is 60.6 Å². The quantitative estimate of drug-likeness (QED) is 0.110. The van der Waals surface area contributed by atoms with Crippen molar-refractivity contribution < 1.29 is 28.1 Å². The van der Waals surface area contributed by atoms with Gasteiger partial charge in [-0.3, -0.25) is 4.68 Å². The minimum atomic E-state index is -0.959. The third kappa shape index (κ3) is 8.50. The lowest BCUT2D eigenvalue weighted by Crippen LogP contribution is -2.50. The van der Waals surface area contributed by atoms with E-state index in [-0.39, 0.29) is 36.2 Å². The smallest absolute Gasteiger partial charge is 0.410 e. The first-order valence-corrected chi connectivity index (χ1v) is 25.8. The van der Waals surface area contributed by atoms with Gasteiger partial charge in [-0.2, -0.15) is 15.1 Å². The number of carbonyl (C=O) groups excluding carboxylic acids is 1. The van der Waals surface area contributed by atoms with Crippen molar-refractivity contribution in [1.82, 2.24) is 29.6 Å². The Morgan fingerprint density at radius 2 is 1.37 bits per heavy atom. The molecule has 2 bridgehead atoms. The van der Waals surface area contributed by atoms with E-state index in [1.165, 1.54) is 0 Å². The van der Waals surface area contributed by atoms with Gasteiger partial charge < -0.3 is 28.7 Å². The van der Waals surface area contributed by atoms with E-state index in [2.05, 4.69) is 96.0 Å². The number of anilines is 1. The van der Waals surface area contributed by atoms with E-state index in [0.29, 0.717) is 84.0 Å². The molecule has 73 heavy (non-hydrogen) atoms. The van der Waals surface area contributed by atoms with Crippen LogP contribution in [0.25, 0.3) is 33.1 Å². The Hall–Kier alpha value is -7.38. The molecule has 3 aliphatic heterocycles. The standard InChI is InChI=1S/C60H60FN7O5/c1-37-48(61)33-49-47(36-68(65-49)60(41-20-12-7-13-21-41,42-22-14-8-15-23-42)43-24-16-9-17-25-43)50(37)51-52(40-26-27-40)62-54-53(55(51)71-38(2)39-18-10-6-11-19-39)63-57(72-46-28-30-70-31-29-46)64-56(54)66-34-45-32-44(66)35-67(45)58(69)73-59(3,4)5/h6-25,33,36,38,40,44-46H,26-32,34-35H2,1-5H3/t38-,44-,45-/m0/s1. The van der Waals surface area contributed by atoms with E-state index < -0.39 is 23.1 Å². The molecule has 6 heterocycles. The van der Waals surface area contributed by atoms with Crippen LogP contribution in [0.1, 0.15) is 105 Å². The van der Waals surface area contributed by atoms with Gasteiger partial charge in [0.05, 0.1) is 36.5 Å². The molecule has 0 radical (unpaired) electrons. The molecule has 12 nitrogen and oxygen atoms in total. The van der Waals surface area contributed by atoms with Crippen LogP contribution in [-0.2, 0) is 15.0 Å². The monoisotopic (exact) mass is 977 g/mol. The Morgan fingerprint density at radius 3 is 1.95 bits per heavy atom. The minimum Gasteiger partial charge on any atom is -0.483 e. The molecule has 12 rings (SSSR count). The Labute approximate surface area is 425 Å². The number of benzene rings is 5. The lowest BCUT2D eigenvalue weighted by molar-refractivity contribution is 0.0206. The van der Waals surface area contributed by atoms with Crippen LogP contribution in [0.5, 0.6) is 11.8 Å². The summed E-state index contributed by atoms with van der Waals surface area (Å²) in [5.41, 5.74) is 6.49. The highest BCUT2D eigenvalue weighted by Gasteiger charge is 2.49. The average Bonchev–Trinajstić information content (AvgIpc) is 3.84. The summed E-state index contributed by atoms with van der Waals surface area (Å²) in [4.78, 5) is 33.9. The number of pyridine rings is 1. The van der Waals surface area contributed by atoms with Gasteiger partial charge in [0.25, 0.3) is 0 Å². The molecule has 0 unspecified atom stereocenters. The SMILES string of the molecule is Cc1c(F)cc2nn(C(c3ccccc3)(c3ccccc3)c3ccccc3)cc2c1-c1c(C2CC2)nc2c(N3C[C@@H]4C[C@H]3CN4C(=O)OC(C)(C)C)nc(OC3CCOCC3)nc2c1O[C@@H](C)c1ccccc1. The second kappa shape index (κ2) is 18.6. The molecule has 4 fully saturated rings. The van der Waals surface area contributed by atoms with Crippen LogP contribution in [0, 0.1) is 12.7 Å². The second-order valence-corrected chi connectivity index (χ2v) is 21.1. The number of ether oxygens (including phenoxy) is 4. The van der Waals surface area contributed by atoms with Crippen LogP contribution < -0.4 is 14.4 Å². The van der Waals surface area contributed by atoms with Crippen molar-refractivity contribution in [3.05, 3.63) is 173 Å². The molecule has 3 saturated heterocycles. The number of piperazine rings is 1. The highest BCUT2D eigenvalue weighted by atomic mass is 19.1. The van der Waals surface area contributed by atoms with E-state index in [9.17, 15) is 4.79 Å². The third-order valence-corrected chi connectivity index (χ3v) is 15.1. The molecule has 8 aromatic rings. The first-order valence-electron chi connectivity index (χ1n) is 25.8. The molecule has 3 aromatic heterocycles. The Kier molecular flexibility index (Phi) is 11.9. The topological polar surface area (TPSA) is 117 Å². The van der Waals surface area contributed by atoms with Crippen LogP contribution in [0.4, 0.5) is 15.0 Å². The van der Waals surface area contributed by atoms with Crippen LogP contribution in [-0.4, -0.2) is 85.8 Å². The van der Waals surface area contributed by atoms with Gasteiger partial charge in [-0.15, -0.1) is 0 Å². The summed E-state index contributed by atoms with van der Waals surface area (Å²) in [7, 11) is 0. The van der Waals surface area contributed by atoms with E-state index >= 15 is 4.39 Å². The van der Waals surface area contributed by atoms with Crippen LogP contribution in [0.2, 0.25) is 0 Å². The Balaban J connectivity index is 1.12. The molecule has 1 amide bonds. The maximum absolute atomic E-state index is 17.2. The van der Waals surface area contributed by atoms with Gasteiger partial charge in [-0.25, -0.2) is 14.2 Å². The van der Waals surface area contributed by atoms with Gasteiger partial charge in [-0.05, 0) is 81.7 Å². The van der Waals surface area contributed by atoms with Crippen LogP contribution in [0.15, 0.2) is 134 Å². The molecular formula is C60H60FN7O5. The number of rotatable bonds is 12. The maximum Gasteiger partial charge on any atom is 0.410 e. The fraction of sp³-hybridized carbons (Fsp3) is 0.350. The van der Waals surface area contributed by atoms with Gasteiger partial charge in [0.1, 0.15) is 40.2 Å². The molecule has 0 spiro atoms. The molecule has 372 valence electrons. The molecule has 1 saturated carbocycles. The number of halogens is 1. The van der Waals surface area contributed by atoms with E-state index in [1.54, 1.807) is 6.07 Å². The van der Waals surface area contributed by atoms with Crippen molar-refractivity contribution >= 4 is 33.8 Å². The van der Waals surface area contributed by atoms with E-state index in [4.69, 9.17) is 39.0 Å². The lowest BCUT2D eigenvalue weighted by atomic mass is 9.77. The Morgan fingerprint density at radius 1 is 0.753 bits per heavy atom. The maximum atomic E-state index is 17.2. The number of hydrogen-bond acceptors (Lipinski definition) is 10. The summed E-state index contributed by atoms with van der Waals surface area (Å²) in [5, 5.41) is 6.16. The number of carbonyl (C=O) groups is 1. The molecular weight excluding hydrogens is 918 g/mol. The van der Waals surface area contributed by atoms with Crippen molar-refractivity contribution in [2.75, 3.05) is 31.2 Å². The summed E-state index contributed by atoms with van der Waals surface area (Å²) in [6.07, 6.45) is 5.07. The van der Waals surface area contributed by atoms with Crippen LogP contribution in [0.3, 0.4) is 0 Å². The zero-order valence-electron chi connectivity index (χ0n) is 42.0. The summed E-state index contributed by atoms with van der Waals surface area (Å²) in [6, 6.07) is 42.9.